The number of carboxylic acid groups (broad SMARTS) is 1. The summed E-state index contributed by atoms with van der Waals surface area (Å²) in [5, 5.41) is 11.6. The van der Waals surface area contributed by atoms with Crippen molar-refractivity contribution in [1.82, 2.24) is 0 Å². The predicted octanol–water partition coefficient (Wildman–Crippen LogP) is 3.44. The average molecular weight is 263 g/mol. The summed E-state index contributed by atoms with van der Waals surface area (Å²) >= 11 is 6.22. The lowest BCUT2D eigenvalue weighted by Crippen LogP contribution is -2.21. The minimum absolute atomic E-state index is 0.426. The number of hydrogen-bond acceptors (Lipinski definition) is 2. The number of carbonyl (C=O) groups is 1. The summed E-state index contributed by atoms with van der Waals surface area (Å²) in [5.74, 6) is -0.699. The van der Waals surface area contributed by atoms with Crippen LogP contribution in [0, 0.1) is 0 Å². The first-order chi connectivity index (χ1) is 8.68. The molecule has 3 nitrogen and oxygen atoms in total. The van der Waals surface area contributed by atoms with Crippen LogP contribution in [0.5, 0.6) is 5.75 Å². The molecule has 1 N–H and O–H groups in total. The van der Waals surface area contributed by atoms with Crippen molar-refractivity contribution in [2.45, 2.75) is 12.3 Å². The maximum Gasteiger partial charge on any atom is 0.311 e. The zero-order chi connectivity index (χ0) is 12.7. The first-order valence-electron chi connectivity index (χ1n) is 5.75. The molecular formula is C14H11ClO3. The van der Waals surface area contributed by atoms with Gasteiger partial charge in [0.15, 0.2) is 0 Å². The highest BCUT2D eigenvalue weighted by Crippen LogP contribution is 2.42. The van der Waals surface area contributed by atoms with Gasteiger partial charge in [0.2, 0.25) is 0 Å². The summed E-state index contributed by atoms with van der Waals surface area (Å²) in [5.41, 5.74) is 0.678. The van der Waals surface area contributed by atoms with Gasteiger partial charge < -0.3 is 9.84 Å². The smallest absolute Gasteiger partial charge is 0.311 e. The van der Waals surface area contributed by atoms with Crippen LogP contribution in [0.4, 0.5) is 0 Å². The normalized spacial score (nSPS) is 18.2. The first-order valence-corrected chi connectivity index (χ1v) is 6.13. The number of fused-ring (bicyclic) bond motifs is 3. The highest BCUT2D eigenvalue weighted by atomic mass is 35.5. The van der Waals surface area contributed by atoms with E-state index < -0.39 is 11.9 Å². The van der Waals surface area contributed by atoms with Gasteiger partial charge in [0.25, 0.3) is 0 Å². The van der Waals surface area contributed by atoms with Gasteiger partial charge in [-0.15, -0.1) is 0 Å². The van der Waals surface area contributed by atoms with Crippen molar-refractivity contribution in [3.63, 3.8) is 0 Å². The number of aliphatic carboxylic acids is 1. The van der Waals surface area contributed by atoms with E-state index in [1.54, 1.807) is 6.07 Å². The summed E-state index contributed by atoms with van der Waals surface area (Å²) in [4.78, 5) is 11.3. The van der Waals surface area contributed by atoms with Crippen molar-refractivity contribution in [3.05, 3.63) is 40.9 Å². The molecule has 0 aromatic heterocycles. The summed E-state index contributed by atoms with van der Waals surface area (Å²) < 4.78 is 5.65. The molecule has 0 saturated carbocycles. The second-order valence-electron chi connectivity index (χ2n) is 4.35. The van der Waals surface area contributed by atoms with Crippen LogP contribution in [0.1, 0.15) is 17.9 Å². The lowest BCUT2D eigenvalue weighted by molar-refractivity contribution is -0.139. The predicted molar refractivity (Wildman–Crippen MR) is 69.4 cm³/mol. The van der Waals surface area contributed by atoms with E-state index in [1.165, 1.54) is 0 Å². The van der Waals surface area contributed by atoms with Crippen molar-refractivity contribution < 1.29 is 14.6 Å². The Balaban J connectivity index is 2.32. The van der Waals surface area contributed by atoms with Crippen molar-refractivity contribution in [2.24, 2.45) is 0 Å². The van der Waals surface area contributed by atoms with Crippen LogP contribution >= 0.6 is 11.6 Å². The van der Waals surface area contributed by atoms with Crippen molar-refractivity contribution in [1.29, 1.82) is 0 Å². The topological polar surface area (TPSA) is 46.5 Å². The molecule has 0 spiro atoms. The number of hydrogen-bond donors (Lipinski definition) is 1. The second kappa shape index (κ2) is 4.18. The Kier molecular flexibility index (Phi) is 2.63. The van der Waals surface area contributed by atoms with Crippen LogP contribution in [0.3, 0.4) is 0 Å². The Morgan fingerprint density at radius 3 is 2.78 bits per heavy atom. The van der Waals surface area contributed by atoms with E-state index in [0.29, 0.717) is 29.4 Å². The van der Waals surface area contributed by atoms with E-state index in [-0.39, 0.29) is 0 Å². The number of carboxylic acids is 1. The first kappa shape index (κ1) is 11.4. The van der Waals surface area contributed by atoms with Gasteiger partial charge in [0, 0.05) is 21.4 Å². The summed E-state index contributed by atoms with van der Waals surface area (Å²) in [7, 11) is 0. The van der Waals surface area contributed by atoms with Gasteiger partial charge in [0.05, 0.1) is 12.5 Å². The van der Waals surface area contributed by atoms with E-state index in [0.717, 1.165) is 10.8 Å². The molecule has 92 valence electrons. The van der Waals surface area contributed by atoms with Gasteiger partial charge in [-0.2, -0.15) is 0 Å². The molecule has 4 heteroatoms. The van der Waals surface area contributed by atoms with Crippen molar-refractivity contribution in [3.8, 4) is 5.75 Å². The number of ether oxygens (including phenoxy) is 1. The number of benzene rings is 2. The minimum Gasteiger partial charge on any atom is -0.493 e. The third kappa shape index (κ3) is 1.63. The Labute approximate surface area is 109 Å². The second-order valence-corrected chi connectivity index (χ2v) is 4.76. The summed E-state index contributed by atoms with van der Waals surface area (Å²) in [6, 6.07) is 9.33. The quantitative estimate of drug-likeness (QED) is 0.856. The van der Waals surface area contributed by atoms with Crippen molar-refractivity contribution >= 4 is 28.3 Å². The van der Waals surface area contributed by atoms with Crippen molar-refractivity contribution in [2.75, 3.05) is 6.61 Å². The van der Waals surface area contributed by atoms with Gasteiger partial charge in [-0.05, 0) is 12.5 Å². The van der Waals surface area contributed by atoms with Crippen LogP contribution in [-0.4, -0.2) is 17.7 Å². The molecule has 2 aromatic rings. The minimum atomic E-state index is -0.828. The Hall–Kier alpha value is -1.74. The fraction of sp³-hybridized carbons (Fsp3) is 0.214. The Bertz CT molecular complexity index is 636. The van der Waals surface area contributed by atoms with E-state index in [4.69, 9.17) is 16.3 Å². The number of rotatable bonds is 1. The standard InChI is InChI=1S/C14H11ClO3/c15-12-7-11-10(14(16)17)5-6-18-13(11)9-4-2-1-3-8(9)12/h1-4,7,10H,5-6H2,(H,16,17)/t10-/m1/s1. The molecule has 0 unspecified atom stereocenters. The fourth-order valence-corrected chi connectivity index (χ4v) is 2.72. The molecule has 1 atom stereocenters. The number of halogens is 1. The van der Waals surface area contributed by atoms with Gasteiger partial charge in [-0.1, -0.05) is 35.9 Å². The van der Waals surface area contributed by atoms with Gasteiger partial charge >= 0.3 is 5.97 Å². The molecule has 2 aromatic carbocycles. The summed E-state index contributed by atoms with van der Waals surface area (Å²) in [6.45, 7) is 0.426. The van der Waals surface area contributed by atoms with Crippen LogP contribution < -0.4 is 4.74 Å². The third-order valence-electron chi connectivity index (χ3n) is 3.30. The highest BCUT2D eigenvalue weighted by Gasteiger charge is 2.29. The molecule has 0 fully saturated rings. The van der Waals surface area contributed by atoms with Crippen LogP contribution in [0.15, 0.2) is 30.3 Å². The van der Waals surface area contributed by atoms with E-state index >= 15 is 0 Å². The SMILES string of the molecule is O=C(O)[C@@H]1CCOc2c1cc(Cl)c1ccccc21. The highest BCUT2D eigenvalue weighted by molar-refractivity contribution is 6.36. The van der Waals surface area contributed by atoms with E-state index in [9.17, 15) is 9.90 Å². The molecule has 0 aliphatic carbocycles. The maximum atomic E-state index is 11.3. The van der Waals surface area contributed by atoms with E-state index in [1.807, 2.05) is 24.3 Å². The third-order valence-corrected chi connectivity index (χ3v) is 3.61. The molecule has 0 radical (unpaired) electrons. The molecule has 3 rings (SSSR count). The average Bonchev–Trinajstić information content (AvgIpc) is 2.38. The van der Waals surface area contributed by atoms with Crippen LogP contribution in [-0.2, 0) is 4.79 Å². The molecule has 0 amide bonds. The molecular weight excluding hydrogens is 252 g/mol. The lowest BCUT2D eigenvalue weighted by Gasteiger charge is -2.24. The molecule has 1 aliphatic heterocycles. The molecule has 1 aliphatic rings. The Morgan fingerprint density at radius 2 is 2.06 bits per heavy atom. The van der Waals surface area contributed by atoms with E-state index in [2.05, 4.69) is 0 Å². The zero-order valence-corrected chi connectivity index (χ0v) is 10.3. The maximum absolute atomic E-state index is 11.3. The zero-order valence-electron chi connectivity index (χ0n) is 9.52. The van der Waals surface area contributed by atoms with Gasteiger partial charge in [0.1, 0.15) is 5.75 Å². The van der Waals surface area contributed by atoms with Crippen LogP contribution in [0.2, 0.25) is 5.02 Å². The summed E-state index contributed by atoms with van der Waals surface area (Å²) in [6.07, 6.45) is 0.483. The molecule has 1 heterocycles. The van der Waals surface area contributed by atoms with Gasteiger partial charge in [-0.25, -0.2) is 0 Å². The van der Waals surface area contributed by atoms with Gasteiger partial charge in [-0.3, -0.25) is 4.79 Å². The van der Waals surface area contributed by atoms with Crippen LogP contribution in [0.25, 0.3) is 10.8 Å². The monoisotopic (exact) mass is 262 g/mol. The largest absolute Gasteiger partial charge is 0.493 e. The lowest BCUT2D eigenvalue weighted by atomic mass is 9.91. The molecule has 0 bridgehead atoms. The molecule has 18 heavy (non-hydrogen) atoms. The fourth-order valence-electron chi connectivity index (χ4n) is 2.44. The Morgan fingerprint density at radius 1 is 1.33 bits per heavy atom. The molecule has 0 saturated heterocycles.